The summed E-state index contributed by atoms with van der Waals surface area (Å²) in [5, 5.41) is 2.22. The van der Waals surface area contributed by atoms with E-state index in [9.17, 15) is 4.79 Å². The van der Waals surface area contributed by atoms with Crippen molar-refractivity contribution in [1.82, 2.24) is 15.0 Å². The van der Waals surface area contributed by atoms with Crippen molar-refractivity contribution in [3.63, 3.8) is 0 Å². The van der Waals surface area contributed by atoms with Gasteiger partial charge < -0.3 is 4.74 Å². The molecule has 1 aliphatic heterocycles. The summed E-state index contributed by atoms with van der Waals surface area (Å²) >= 11 is 0. The Hall–Kier alpha value is -4.88. The Kier molecular flexibility index (Phi) is 19.3. The van der Waals surface area contributed by atoms with Gasteiger partial charge in [-0.2, -0.15) is 5.06 Å². The molecule has 1 saturated heterocycles. The van der Waals surface area contributed by atoms with Crippen LogP contribution in [0.5, 0.6) is 0 Å². The molecule has 2 aromatic heterocycles. The van der Waals surface area contributed by atoms with Crippen molar-refractivity contribution in [2.75, 3.05) is 6.61 Å². The minimum absolute atomic E-state index is 0.0538. The molecule has 0 amide bonds. The quantitative estimate of drug-likeness (QED) is 0.0754. The molecule has 9 heteroatoms. The SMILES string of the molecule is C=Cc1ccccc1.C=Cc1ccncc1.CC1(C)CCCC(C)(C)N1OC(CC(COC(=O)c1ccccc1)c1ccncc1)c1ccccc1.O=BP. The zero-order valence-electron chi connectivity index (χ0n) is 32.7. The first-order chi connectivity index (χ1) is 26.5. The summed E-state index contributed by atoms with van der Waals surface area (Å²) < 4.78 is 14.6. The number of hydrogen-bond donors (Lipinski definition) is 0. The van der Waals surface area contributed by atoms with Crippen LogP contribution in [0.3, 0.4) is 0 Å². The van der Waals surface area contributed by atoms with Crippen LogP contribution in [-0.4, -0.2) is 45.6 Å². The topological polar surface area (TPSA) is 81.6 Å². The van der Waals surface area contributed by atoms with Crippen LogP contribution in [0.15, 0.2) is 153 Å². The monoisotopic (exact) mass is 755 g/mol. The number of ether oxygens (including phenoxy) is 1. The van der Waals surface area contributed by atoms with Gasteiger partial charge in [-0.25, -0.2) is 4.79 Å². The molecule has 0 saturated carbocycles. The number of esters is 1. The molecule has 6 rings (SSSR count). The first-order valence-corrected chi connectivity index (χ1v) is 19.2. The first kappa shape index (κ1) is 44.5. The maximum absolute atomic E-state index is 12.7. The van der Waals surface area contributed by atoms with Gasteiger partial charge in [-0.3, -0.25) is 14.8 Å². The third-order valence-corrected chi connectivity index (χ3v) is 9.16. The van der Waals surface area contributed by atoms with E-state index in [2.05, 4.69) is 80.1 Å². The fraction of sp³-hybridized carbons (Fsp3) is 0.283. The minimum atomic E-state index is -0.315. The summed E-state index contributed by atoms with van der Waals surface area (Å²) in [4.78, 5) is 27.7. The van der Waals surface area contributed by atoms with E-state index in [1.165, 1.54) is 12.0 Å². The van der Waals surface area contributed by atoms with E-state index < -0.39 is 0 Å². The Balaban J connectivity index is 0.000000346. The van der Waals surface area contributed by atoms with Gasteiger partial charge in [0.05, 0.1) is 12.2 Å². The molecular weight excluding hydrogens is 700 g/mol. The molecule has 286 valence electrons. The van der Waals surface area contributed by atoms with Gasteiger partial charge in [0.2, 0.25) is 0 Å². The zero-order chi connectivity index (χ0) is 39.9. The van der Waals surface area contributed by atoms with E-state index in [1.54, 1.807) is 43.0 Å². The predicted molar refractivity (Wildman–Crippen MR) is 229 cm³/mol. The molecule has 1 aliphatic rings. The van der Waals surface area contributed by atoms with Crippen LogP contribution in [-0.2, 0) is 14.3 Å². The predicted octanol–water partition coefficient (Wildman–Crippen LogP) is 11.0. The van der Waals surface area contributed by atoms with Gasteiger partial charge in [0, 0.05) is 41.8 Å². The number of benzene rings is 3. The molecule has 0 spiro atoms. The Morgan fingerprint density at radius 3 is 1.67 bits per heavy atom. The number of hydrogen-bond acceptors (Lipinski definition) is 7. The fourth-order valence-corrected chi connectivity index (χ4v) is 6.41. The maximum atomic E-state index is 12.7. The normalized spacial score (nSPS) is 14.9. The van der Waals surface area contributed by atoms with Gasteiger partial charge in [-0.1, -0.05) is 104 Å². The van der Waals surface area contributed by atoms with Gasteiger partial charge in [0.15, 0.2) is 0 Å². The second-order valence-electron chi connectivity index (χ2n) is 14.2. The third kappa shape index (κ3) is 15.4. The zero-order valence-corrected chi connectivity index (χ0v) is 33.8. The molecule has 0 aliphatic carbocycles. The molecule has 1 fully saturated rings. The average molecular weight is 756 g/mol. The number of carbonyl (C=O) groups excluding carboxylic acids is 1. The number of rotatable bonds is 11. The van der Waals surface area contributed by atoms with Crippen molar-refractivity contribution in [1.29, 1.82) is 0 Å². The molecule has 0 bridgehead atoms. The van der Waals surface area contributed by atoms with E-state index in [0.29, 0.717) is 18.9 Å². The first-order valence-electron chi connectivity index (χ1n) is 18.5. The number of piperidine rings is 1. The summed E-state index contributed by atoms with van der Waals surface area (Å²) in [6.07, 6.45) is 14.5. The van der Waals surface area contributed by atoms with E-state index in [0.717, 1.165) is 29.5 Å². The molecule has 3 atom stereocenters. The summed E-state index contributed by atoms with van der Waals surface area (Å²) in [5.41, 5.74) is 4.86. The second kappa shape index (κ2) is 23.8. The van der Waals surface area contributed by atoms with Crippen molar-refractivity contribution in [3.05, 3.63) is 181 Å². The molecule has 3 heterocycles. The van der Waals surface area contributed by atoms with E-state index in [1.807, 2.05) is 94.1 Å². The van der Waals surface area contributed by atoms with Crippen LogP contribution >= 0.6 is 9.12 Å². The van der Waals surface area contributed by atoms with E-state index in [-0.39, 0.29) is 35.7 Å². The second-order valence-corrected chi connectivity index (χ2v) is 14.5. The molecule has 3 unspecified atom stereocenters. The van der Waals surface area contributed by atoms with Gasteiger partial charge in [-0.05, 0) is 112 Å². The van der Waals surface area contributed by atoms with Crippen molar-refractivity contribution in [3.8, 4) is 0 Å². The number of pyridine rings is 2. The Bertz CT molecular complexity index is 1770. The van der Waals surface area contributed by atoms with Crippen molar-refractivity contribution < 1.29 is 19.1 Å². The van der Waals surface area contributed by atoms with Gasteiger partial charge in [-0.15, -0.1) is 0 Å². The van der Waals surface area contributed by atoms with Crippen molar-refractivity contribution in [2.45, 2.75) is 76.5 Å². The van der Waals surface area contributed by atoms with Crippen molar-refractivity contribution >= 4 is 34.1 Å². The Morgan fingerprint density at radius 2 is 1.20 bits per heavy atom. The van der Waals surface area contributed by atoms with Crippen LogP contribution < -0.4 is 0 Å². The standard InChI is InChI=1S/C31H38N2O3.C8H8.C7H7N.BH2OP/c1-30(2)18-11-19-31(3,4)33(30)36-28(25-12-7-5-8-13-25)22-27(24-16-20-32-21-17-24)23-35-29(34)26-14-9-6-10-15-26;1-2-8-6-4-3-5-7-8;1-2-7-3-5-8-6-4-7;2-1-3/h5-10,12-17,20-21,27-28H,11,18-19,22-23H2,1-4H3;2-7H,1H2;2-6H,1H2;3H2. The van der Waals surface area contributed by atoms with Crippen LogP contribution in [0, 0.1) is 0 Å². The average Bonchev–Trinajstić information content (AvgIpc) is 3.22. The summed E-state index contributed by atoms with van der Waals surface area (Å²) in [5.74, 6) is -0.369. The number of carbonyl (C=O) groups is 1. The summed E-state index contributed by atoms with van der Waals surface area (Å²) in [6.45, 7) is 17.2. The number of nitrogens with zero attached hydrogens (tertiary/aromatic N) is 3. The Labute approximate surface area is 331 Å². The molecule has 0 N–H and O–H groups in total. The number of hydroxylamine groups is 2. The molecule has 5 aromatic rings. The van der Waals surface area contributed by atoms with E-state index >= 15 is 0 Å². The summed E-state index contributed by atoms with van der Waals surface area (Å²) in [7, 11) is 1.90. The Morgan fingerprint density at radius 1 is 0.745 bits per heavy atom. The molecule has 55 heavy (non-hydrogen) atoms. The van der Waals surface area contributed by atoms with Gasteiger partial charge in [0.1, 0.15) is 6.10 Å². The van der Waals surface area contributed by atoms with Crippen LogP contribution in [0.4, 0.5) is 0 Å². The van der Waals surface area contributed by atoms with Gasteiger partial charge >= 0.3 is 26.7 Å². The van der Waals surface area contributed by atoms with Gasteiger partial charge in [0.25, 0.3) is 0 Å². The number of aromatic nitrogens is 2. The fourth-order valence-electron chi connectivity index (χ4n) is 6.41. The van der Waals surface area contributed by atoms with Crippen LogP contribution in [0.1, 0.15) is 98.0 Å². The van der Waals surface area contributed by atoms with E-state index in [4.69, 9.17) is 14.3 Å². The van der Waals surface area contributed by atoms with Crippen LogP contribution in [0.25, 0.3) is 12.2 Å². The molecule has 3 aromatic carbocycles. The summed E-state index contributed by atoms with van der Waals surface area (Å²) in [6, 6.07) is 37.3. The van der Waals surface area contributed by atoms with Crippen molar-refractivity contribution in [2.24, 2.45) is 0 Å². The molecule has 7 nitrogen and oxygen atoms in total. The van der Waals surface area contributed by atoms with Crippen LogP contribution in [0.2, 0.25) is 0 Å². The molecular formula is C46H55BN3O4P. The molecule has 0 radical (unpaired) electrons. The third-order valence-electron chi connectivity index (χ3n) is 9.16.